The van der Waals surface area contributed by atoms with Crippen molar-refractivity contribution >= 4 is 29.3 Å². The number of methoxy groups -OCH3 is 2. The quantitative estimate of drug-likeness (QED) is 0.432. The Morgan fingerprint density at radius 3 is 2.67 bits per heavy atom. The van der Waals surface area contributed by atoms with Crippen LogP contribution in [0.25, 0.3) is 6.08 Å². The van der Waals surface area contributed by atoms with Crippen molar-refractivity contribution in [3.63, 3.8) is 0 Å². The van der Waals surface area contributed by atoms with Gasteiger partial charge >= 0.3 is 0 Å². The molecule has 21 heavy (non-hydrogen) atoms. The Balaban J connectivity index is 2.63. The van der Waals surface area contributed by atoms with Gasteiger partial charge in [-0.2, -0.15) is 0 Å². The second-order valence-corrected chi connectivity index (χ2v) is 4.32. The first-order valence-electron chi connectivity index (χ1n) is 6.34. The van der Waals surface area contributed by atoms with E-state index < -0.39 is 0 Å². The maximum Gasteiger partial charge on any atom is 0.262 e. The molecule has 0 saturated heterocycles. The largest absolute Gasteiger partial charge is 0.497 e. The lowest BCUT2D eigenvalue weighted by atomic mass is 10.1. The molecule has 0 bridgehead atoms. The number of ether oxygens (including phenoxy) is 2. The van der Waals surface area contributed by atoms with Crippen molar-refractivity contribution in [2.75, 3.05) is 20.8 Å². The maximum absolute atomic E-state index is 11.6. The highest BCUT2D eigenvalue weighted by Gasteiger charge is 2.03. The number of carbonyl (C=O) groups is 1. The summed E-state index contributed by atoms with van der Waals surface area (Å²) in [5.41, 5.74) is 5.80. The number of carbonyl (C=O) groups excluding carboxylic acids is 1. The molecule has 0 aliphatic rings. The molecule has 0 unspecified atom stereocenters. The molecular weight excluding hydrogens is 290 g/mol. The number of amides is 1. The summed E-state index contributed by atoms with van der Waals surface area (Å²) in [6.45, 7) is 2.59. The SMILES string of the molecule is CCNC(=S)NNC(=O)/C=C/c1ccc(OC)cc1OC. The van der Waals surface area contributed by atoms with Crippen LogP contribution in [0.15, 0.2) is 24.3 Å². The molecule has 1 amide bonds. The Morgan fingerprint density at radius 2 is 2.05 bits per heavy atom. The highest BCUT2D eigenvalue weighted by Crippen LogP contribution is 2.25. The van der Waals surface area contributed by atoms with Gasteiger partial charge in [0.05, 0.1) is 14.2 Å². The van der Waals surface area contributed by atoms with Crippen LogP contribution < -0.4 is 25.6 Å². The van der Waals surface area contributed by atoms with E-state index in [1.807, 2.05) is 6.92 Å². The van der Waals surface area contributed by atoms with Gasteiger partial charge in [-0.3, -0.25) is 15.6 Å². The van der Waals surface area contributed by atoms with Crippen LogP contribution in [0.5, 0.6) is 11.5 Å². The van der Waals surface area contributed by atoms with Gasteiger partial charge < -0.3 is 14.8 Å². The Morgan fingerprint density at radius 1 is 1.29 bits per heavy atom. The van der Waals surface area contributed by atoms with E-state index in [4.69, 9.17) is 21.7 Å². The molecule has 1 aromatic carbocycles. The number of hydrogen-bond donors (Lipinski definition) is 3. The first-order chi connectivity index (χ1) is 10.1. The molecule has 0 radical (unpaired) electrons. The predicted molar refractivity (Wildman–Crippen MR) is 86.1 cm³/mol. The molecule has 0 saturated carbocycles. The third-order valence-electron chi connectivity index (χ3n) is 2.49. The van der Waals surface area contributed by atoms with E-state index in [0.717, 1.165) is 5.56 Å². The van der Waals surface area contributed by atoms with E-state index >= 15 is 0 Å². The molecule has 7 heteroatoms. The van der Waals surface area contributed by atoms with Gasteiger partial charge in [-0.1, -0.05) is 0 Å². The summed E-state index contributed by atoms with van der Waals surface area (Å²) in [6, 6.07) is 5.34. The Bertz CT molecular complexity index is 532. The van der Waals surface area contributed by atoms with Crippen LogP contribution in [0.4, 0.5) is 0 Å². The third-order valence-corrected chi connectivity index (χ3v) is 2.74. The van der Waals surface area contributed by atoms with E-state index in [1.54, 1.807) is 38.5 Å². The molecule has 0 atom stereocenters. The predicted octanol–water partition coefficient (Wildman–Crippen LogP) is 1.23. The number of benzene rings is 1. The second-order valence-electron chi connectivity index (χ2n) is 3.91. The van der Waals surface area contributed by atoms with Crippen molar-refractivity contribution in [2.45, 2.75) is 6.92 Å². The lowest BCUT2D eigenvalue weighted by molar-refractivity contribution is -0.116. The molecule has 3 N–H and O–H groups in total. The molecule has 0 aliphatic heterocycles. The smallest absolute Gasteiger partial charge is 0.262 e. The molecule has 0 fully saturated rings. The van der Waals surface area contributed by atoms with Crippen LogP contribution in [0.2, 0.25) is 0 Å². The molecule has 0 spiro atoms. The number of nitrogens with one attached hydrogen (secondary N) is 3. The van der Waals surface area contributed by atoms with E-state index in [1.165, 1.54) is 6.08 Å². The zero-order valence-electron chi connectivity index (χ0n) is 12.2. The summed E-state index contributed by atoms with van der Waals surface area (Å²) in [5.74, 6) is 0.980. The lowest BCUT2D eigenvalue weighted by Gasteiger charge is -2.09. The van der Waals surface area contributed by atoms with Crippen molar-refractivity contribution in [1.82, 2.24) is 16.2 Å². The molecular formula is C14H19N3O3S. The third kappa shape index (κ3) is 5.70. The van der Waals surface area contributed by atoms with Crippen LogP contribution in [0.3, 0.4) is 0 Å². The number of hydrazine groups is 1. The van der Waals surface area contributed by atoms with Crippen LogP contribution in [0.1, 0.15) is 12.5 Å². The van der Waals surface area contributed by atoms with E-state index in [-0.39, 0.29) is 5.91 Å². The van der Waals surface area contributed by atoms with Gasteiger partial charge in [-0.25, -0.2) is 0 Å². The van der Waals surface area contributed by atoms with Crippen LogP contribution in [-0.2, 0) is 4.79 Å². The number of thiocarbonyl (C=S) groups is 1. The number of rotatable bonds is 5. The zero-order chi connectivity index (χ0) is 15.7. The Labute approximate surface area is 129 Å². The first kappa shape index (κ1) is 16.8. The highest BCUT2D eigenvalue weighted by molar-refractivity contribution is 7.80. The standard InChI is InChI=1S/C14H19N3O3S/c1-4-15-14(21)17-16-13(18)8-6-10-5-7-11(19-2)9-12(10)20-3/h5-9H,4H2,1-3H3,(H,16,18)(H2,15,17,21)/b8-6+. The molecule has 6 nitrogen and oxygen atoms in total. The fourth-order valence-electron chi connectivity index (χ4n) is 1.49. The normalized spacial score (nSPS) is 10.0. The highest BCUT2D eigenvalue weighted by atomic mass is 32.1. The van der Waals surface area contributed by atoms with Gasteiger partial charge in [0.15, 0.2) is 5.11 Å². The van der Waals surface area contributed by atoms with Crippen molar-refractivity contribution < 1.29 is 14.3 Å². The minimum absolute atomic E-state index is 0.326. The van der Waals surface area contributed by atoms with Crippen molar-refractivity contribution in [3.05, 3.63) is 29.8 Å². The number of hydrogen-bond acceptors (Lipinski definition) is 4. The molecule has 0 aliphatic carbocycles. The second kappa shape index (κ2) is 8.80. The summed E-state index contributed by atoms with van der Waals surface area (Å²) in [5, 5.41) is 3.22. The summed E-state index contributed by atoms with van der Waals surface area (Å²) in [4.78, 5) is 11.6. The van der Waals surface area contributed by atoms with E-state index in [0.29, 0.717) is 23.2 Å². The molecule has 114 valence electrons. The van der Waals surface area contributed by atoms with E-state index in [2.05, 4.69) is 16.2 Å². The van der Waals surface area contributed by atoms with Crippen molar-refractivity contribution in [2.24, 2.45) is 0 Å². The summed E-state index contributed by atoms with van der Waals surface area (Å²) in [7, 11) is 3.14. The average Bonchev–Trinajstić information content (AvgIpc) is 2.51. The van der Waals surface area contributed by atoms with E-state index in [9.17, 15) is 4.79 Å². The molecule has 1 rings (SSSR count). The van der Waals surface area contributed by atoms with Gasteiger partial charge in [-0.05, 0) is 37.4 Å². The minimum atomic E-state index is -0.326. The fraction of sp³-hybridized carbons (Fsp3) is 0.286. The first-order valence-corrected chi connectivity index (χ1v) is 6.75. The summed E-state index contributed by atoms with van der Waals surface area (Å²) in [6.07, 6.45) is 3.03. The van der Waals surface area contributed by atoms with Gasteiger partial charge in [0.2, 0.25) is 0 Å². The average molecular weight is 309 g/mol. The summed E-state index contributed by atoms with van der Waals surface area (Å²) >= 11 is 4.92. The molecule has 0 heterocycles. The fourth-order valence-corrected chi connectivity index (χ4v) is 1.68. The van der Waals surface area contributed by atoms with Gasteiger partial charge in [0, 0.05) is 24.3 Å². The summed E-state index contributed by atoms with van der Waals surface area (Å²) < 4.78 is 10.4. The van der Waals surface area contributed by atoms with Crippen LogP contribution >= 0.6 is 12.2 Å². The molecule has 1 aromatic rings. The maximum atomic E-state index is 11.6. The molecule has 0 aromatic heterocycles. The Hall–Kier alpha value is -2.28. The van der Waals surface area contributed by atoms with Gasteiger partial charge in [-0.15, -0.1) is 0 Å². The van der Waals surface area contributed by atoms with Crippen molar-refractivity contribution in [3.8, 4) is 11.5 Å². The van der Waals surface area contributed by atoms with Gasteiger partial charge in [0.25, 0.3) is 5.91 Å². The zero-order valence-corrected chi connectivity index (χ0v) is 13.0. The topological polar surface area (TPSA) is 71.6 Å². The Kier molecular flexibility index (Phi) is 7.03. The lowest BCUT2D eigenvalue weighted by Crippen LogP contribution is -2.46. The van der Waals surface area contributed by atoms with Crippen LogP contribution in [0, 0.1) is 0 Å². The van der Waals surface area contributed by atoms with Gasteiger partial charge in [0.1, 0.15) is 11.5 Å². The minimum Gasteiger partial charge on any atom is -0.497 e. The van der Waals surface area contributed by atoms with Crippen LogP contribution in [-0.4, -0.2) is 31.8 Å². The van der Waals surface area contributed by atoms with Crippen molar-refractivity contribution in [1.29, 1.82) is 0 Å². The monoisotopic (exact) mass is 309 g/mol.